The van der Waals surface area contributed by atoms with E-state index in [1.54, 1.807) is 12.1 Å². The number of amides is 1. The molecule has 1 aliphatic rings. The van der Waals surface area contributed by atoms with Crippen molar-refractivity contribution in [2.24, 2.45) is 11.7 Å². The first-order valence-electron chi connectivity index (χ1n) is 10.7. The first kappa shape index (κ1) is 21.9. The molecule has 8 heteroatoms. The molecule has 0 saturated heterocycles. The maximum atomic E-state index is 14.5. The van der Waals surface area contributed by atoms with Crippen molar-refractivity contribution >= 4 is 16.8 Å². The van der Waals surface area contributed by atoms with Gasteiger partial charge in [0, 0.05) is 29.4 Å². The van der Waals surface area contributed by atoms with Crippen LogP contribution in [0.4, 0.5) is 8.78 Å². The van der Waals surface area contributed by atoms with Crippen LogP contribution in [0.25, 0.3) is 10.9 Å². The van der Waals surface area contributed by atoms with Crippen molar-refractivity contribution in [3.63, 3.8) is 0 Å². The van der Waals surface area contributed by atoms with Crippen molar-refractivity contribution in [3.05, 3.63) is 69.3 Å². The number of pyridine rings is 2. The van der Waals surface area contributed by atoms with Gasteiger partial charge in [-0.25, -0.2) is 4.39 Å². The topological polar surface area (TPSA) is 98.1 Å². The smallest absolute Gasteiger partial charge is 0.268 e. The quantitative estimate of drug-likeness (QED) is 0.614. The van der Waals surface area contributed by atoms with Gasteiger partial charge in [-0.05, 0) is 43.2 Å². The highest BCUT2D eigenvalue weighted by atomic mass is 19.2. The molecular formula is C24H25F2N3O3. The van der Waals surface area contributed by atoms with E-state index >= 15 is 0 Å². The molecule has 4 rings (SSSR count). The summed E-state index contributed by atoms with van der Waals surface area (Å²) in [6.45, 7) is 2.12. The number of benzene rings is 1. The van der Waals surface area contributed by atoms with Crippen molar-refractivity contribution in [1.82, 2.24) is 9.97 Å². The number of primary amides is 1. The van der Waals surface area contributed by atoms with Crippen LogP contribution in [0.15, 0.2) is 35.3 Å². The van der Waals surface area contributed by atoms with Gasteiger partial charge in [-0.3, -0.25) is 14.6 Å². The average molecular weight is 441 g/mol. The highest BCUT2D eigenvalue weighted by Crippen LogP contribution is 2.49. The third kappa shape index (κ3) is 3.74. The monoisotopic (exact) mass is 441 g/mol. The number of hydrogen-bond acceptors (Lipinski definition) is 4. The molecule has 1 aliphatic carbocycles. The van der Waals surface area contributed by atoms with Crippen LogP contribution in [0.5, 0.6) is 5.75 Å². The summed E-state index contributed by atoms with van der Waals surface area (Å²) in [5.74, 6) is -2.73. The molecule has 1 aromatic carbocycles. The van der Waals surface area contributed by atoms with Gasteiger partial charge in [0.1, 0.15) is 5.69 Å². The number of nitrogens with two attached hydrogens (primary N) is 1. The summed E-state index contributed by atoms with van der Waals surface area (Å²) in [6.07, 6.45) is 4.86. The minimum absolute atomic E-state index is 0.0794. The highest BCUT2D eigenvalue weighted by Gasteiger charge is 2.35. The molecule has 2 heterocycles. The number of carbonyl (C=O) groups is 1. The number of aromatic nitrogens is 2. The minimum Gasteiger partial charge on any atom is -0.493 e. The van der Waals surface area contributed by atoms with E-state index in [9.17, 15) is 18.4 Å². The number of methoxy groups -OCH3 is 1. The van der Waals surface area contributed by atoms with Crippen LogP contribution in [0.1, 0.15) is 66.2 Å². The summed E-state index contributed by atoms with van der Waals surface area (Å²) in [7, 11) is 1.32. The number of ether oxygens (including phenoxy) is 1. The Morgan fingerprint density at radius 3 is 2.72 bits per heavy atom. The van der Waals surface area contributed by atoms with Crippen molar-refractivity contribution in [2.75, 3.05) is 7.11 Å². The fraction of sp³-hybridized carbons (Fsp3) is 0.375. The van der Waals surface area contributed by atoms with Crippen molar-refractivity contribution in [3.8, 4) is 5.75 Å². The molecule has 0 radical (unpaired) electrons. The number of nitrogens with zero attached hydrogens (tertiary/aromatic N) is 1. The molecule has 1 saturated carbocycles. The Kier molecular flexibility index (Phi) is 5.95. The lowest BCUT2D eigenvalue weighted by atomic mass is 9.69. The summed E-state index contributed by atoms with van der Waals surface area (Å²) in [5.41, 5.74) is 6.68. The van der Waals surface area contributed by atoms with E-state index in [1.165, 1.54) is 19.4 Å². The normalized spacial score (nSPS) is 20.9. The Bertz CT molecular complexity index is 1240. The number of aromatic amines is 1. The standard InChI is InChI=1S/C24H25F2N3O3/c1-3-12-4-5-13(14-6-7-16(25)21(26)23(14)32-2)15(10-12)18-11-19(30)20-17(29-18)8-9-28-22(20)24(27)31/h6-9,11-13,15H,3-5,10H2,1-2H3,(H2,27,31)(H,29,30)/t12?,13-,15?/m0/s1. The van der Waals surface area contributed by atoms with Crippen LogP contribution in [0.2, 0.25) is 0 Å². The van der Waals surface area contributed by atoms with Crippen LogP contribution in [-0.2, 0) is 0 Å². The fourth-order valence-electron chi connectivity index (χ4n) is 5.00. The number of hydrogen-bond donors (Lipinski definition) is 2. The van der Waals surface area contributed by atoms with Crippen molar-refractivity contribution in [2.45, 2.75) is 44.4 Å². The largest absolute Gasteiger partial charge is 0.493 e. The Balaban J connectivity index is 1.87. The van der Waals surface area contributed by atoms with E-state index in [4.69, 9.17) is 10.5 Å². The summed E-state index contributed by atoms with van der Waals surface area (Å²) in [4.78, 5) is 31.9. The van der Waals surface area contributed by atoms with Crippen molar-refractivity contribution in [1.29, 1.82) is 0 Å². The lowest BCUT2D eigenvalue weighted by Gasteiger charge is -2.37. The zero-order chi connectivity index (χ0) is 23.0. The molecule has 3 aromatic rings. The molecule has 0 spiro atoms. The minimum atomic E-state index is -1.01. The number of rotatable bonds is 5. The molecule has 3 atom stereocenters. The summed E-state index contributed by atoms with van der Waals surface area (Å²) >= 11 is 0. The predicted octanol–water partition coefficient (Wildman–Crippen LogP) is 4.39. The van der Waals surface area contributed by atoms with Gasteiger partial charge in [-0.2, -0.15) is 4.39 Å². The molecule has 32 heavy (non-hydrogen) atoms. The molecule has 168 valence electrons. The third-order valence-corrected chi connectivity index (χ3v) is 6.62. The number of fused-ring (bicyclic) bond motifs is 1. The Morgan fingerprint density at radius 2 is 2.03 bits per heavy atom. The van der Waals surface area contributed by atoms with Gasteiger partial charge in [0.05, 0.1) is 18.0 Å². The van der Waals surface area contributed by atoms with Gasteiger partial charge >= 0.3 is 0 Å². The summed E-state index contributed by atoms with van der Waals surface area (Å²) < 4.78 is 33.5. The first-order valence-corrected chi connectivity index (χ1v) is 10.7. The van der Waals surface area contributed by atoms with E-state index in [-0.39, 0.29) is 34.1 Å². The van der Waals surface area contributed by atoms with Crippen LogP contribution in [0, 0.1) is 17.6 Å². The Hall–Kier alpha value is -3.29. The number of nitrogens with one attached hydrogen (secondary N) is 1. The van der Waals surface area contributed by atoms with Crippen LogP contribution in [0.3, 0.4) is 0 Å². The molecule has 0 bridgehead atoms. The molecular weight excluding hydrogens is 416 g/mol. The molecule has 1 amide bonds. The molecule has 2 unspecified atom stereocenters. The Labute approximate surface area is 183 Å². The van der Waals surface area contributed by atoms with Gasteiger partial charge in [0.2, 0.25) is 5.82 Å². The fourth-order valence-corrected chi connectivity index (χ4v) is 5.00. The highest BCUT2D eigenvalue weighted by molar-refractivity contribution is 6.03. The second kappa shape index (κ2) is 8.68. The van der Waals surface area contributed by atoms with Crippen LogP contribution in [-0.4, -0.2) is 23.0 Å². The summed E-state index contributed by atoms with van der Waals surface area (Å²) in [5, 5.41) is 0.147. The SMILES string of the molecule is CCC1CC[C@@H](c2ccc(F)c(F)c2OC)C(c2cc(=O)c3c(C(N)=O)nccc3[nH]2)C1. The van der Waals surface area contributed by atoms with Gasteiger partial charge in [0.25, 0.3) is 5.91 Å². The van der Waals surface area contributed by atoms with Crippen molar-refractivity contribution < 1.29 is 18.3 Å². The first-order chi connectivity index (χ1) is 15.3. The van der Waals surface area contributed by atoms with E-state index in [0.29, 0.717) is 22.7 Å². The number of halogens is 2. The van der Waals surface area contributed by atoms with E-state index < -0.39 is 17.5 Å². The predicted molar refractivity (Wildman–Crippen MR) is 117 cm³/mol. The molecule has 6 nitrogen and oxygen atoms in total. The second-order valence-electron chi connectivity index (χ2n) is 8.32. The second-order valence-corrected chi connectivity index (χ2v) is 8.32. The third-order valence-electron chi connectivity index (χ3n) is 6.62. The van der Waals surface area contributed by atoms with Gasteiger partial charge < -0.3 is 15.5 Å². The van der Waals surface area contributed by atoms with E-state index in [0.717, 1.165) is 31.7 Å². The zero-order valence-corrected chi connectivity index (χ0v) is 18.0. The van der Waals surface area contributed by atoms with Crippen LogP contribution >= 0.6 is 0 Å². The maximum Gasteiger partial charge on any atom is 0.268 e. The molecule has 0 aliphatic heterocycles. The van der Waals surface area contributed by atoms with Crippen LogP contribution < -0.4 is 15.9 Å². The van der Waals surface area contributed by atoms with E-state index in [1.807, 2.05) is 0 Å². The molecule has 3 N–H and O–H groups in total. The summed E-state index contributed by atoms with van der Waals surface area (Å²) in [6, 6.07) is 5.78. The lowest BCUT2D eigenvalue weighted by Crippen LogP contribution is -2.25. The molecule has 2 aromatic heterocycles. The number of H-pyrrole nitrogens is 1. The zero-order valence-electron chi connectivity index (χ0n) is 18.0. The lowest BCUT2D eigenvalue weighted by molar-refractivity contribution is 0.0997. The van der Waals surface area contributed by atoms with Gasteiger partial charge in [-0.15, -0.1) is 0 Å². The van der Waals surface area contributed by atoms with Gasteiger partial charge in [-0.1, -0.05) is 19.4 Å². The Morgan fingerprint density at radius 1 is 1.25 bits per heavy atom. The van der Waals surface area contributed by atoms with E-state index in [2.05, 4.69) is 16.9 Å². The maximum absolute atomic E-state index is 14.5. The average Bonchev–Trinajstić information content (AvgIpc) is 2.79. The molecule has 1 fully saturated rings. The number of carbonyl (C=O) groups excluding carboxylic acids is 1. The van der Waals surface area contributed by atoms with Gasteiger partial charge in [0.15, 0.2) is 17.0 Å².